The van der Waals surface area contributed by atoms with E-state index in [1.165, 1.54) is 12.1 Å². The third kappa shape index (κ3) is 4.98. The number of aromatic nitrogens is 1. The van der Waals surface area contributed by atoms with Crippen LogP contribution < -0.4 is 20.1 Å². The highest BCUT2D eigenvalue weighted by Gasteiger charge is 2.47. The van der Waals surface area contributed by atoms with Crippen LogP contribution in [0.2, 0.25) is 0 Å². The molecule has 1 saturated carbocycles. The van der Waals surface area contributed by atoms with Crippen LogP contribution in [0.25, 0.3) is 11.1 Å². The van der Waals surface area contributed by atoms with Crippen molar-refractivity contribution < 1.29 is 23.5 Å². The zero-order chi connectivity index (χ0) is 29.4. The molecule has 2 N–H and O–H groups in total. The monoisotopic (exact) mass is 565 g/mol. The number of fused-ring (bicyclic) bond motifs is 1. The Morgan fingerprint density at radius 3 is 2.52 bits per heavy atom. The average molecular weight is 566 g/mol. The van der Waals surface area contributed by atoms with E-state index in [0.29, 0.717) is 29.2 Å². The summed E-state index contributed by atoms with van der Waals surface area (Å²) in [5, 5.41) is 5.96. The molecule has 0 bridgehead atoms. The maximum Gasteiger partial charge on any atom is 0.255 e. The third-order valence-corrected chi connectivity index (χ3v) is 8.07. The Bertz CT molecular complexity index is 1650. The number of amides is 2. The Kier molecular flexibility index (Phi) is 7.14. The van der Waals surface area contributed by atoms with Crippen LogP contribution in [-0.2, 0) is 10.3 Å². The Balaban J connectivity index is 1.37. The van der Waals surface area contributed by atoms with Crippen molar-refractivity contribution in [1.29, 1.82) is 0 Å². The Morgan fingerprint density at radius 1 is 1.07 bits per heavy atom. The van der Waals surface area contributed by atoms with Crippen LogP contribution in [0.3, 0.4) is 0 Å². The molecule has 2 amide bonds. The number of pyridine rings is 1. The normalized spacial score (nSPS) is 18.0. The van der Waals surface area contributed by atoms with E-state index in [1.807, 2.05) is 62.4 Å². The zero-order valence-electron chi connectivity index (χ0n) is 23.7. The van der Waals surface area contributed by atoms with Crippen molar-refractivity contribution in [2.75, 3.05) is 13.7 Å². The number of rotatable bonds is 8. The molecule has 214 valence electrons. The van der Waals surface area contributed by atoms with Crippen LogP contribution in [0.1, 0.15) is 64.5 Å². The highest BCUT2D eigenvalue weighted by atomic mass is 19.1. The number of nitrogens with zero attached hydrogens (tertiary/aromatic N) is 1. The molecule has 0 radical (unpaired) electrons. The summed E-state index contributed by atoms with van der Waals surface area (Å²) >= 11 is 0. The minimum atomic E-state index is -0.630. The van der Waals surface area contributed by atoms with Crippen molar-refractivity contribution in [2.24, 2.45) is 0 Å². The molecule has 2 aliphatic rings. The average Bonchev–Trinajstić information content (AvgIpc) is 3.69. The molecule has 3 aromatic carbocycles. The molecule has 0 saturated heterocycles. The van der Waals surface area contributed by atoms with Crippen molar-refractivity contribution >= 4 is 11.8 Å². The number of halogens is 1. The van der Waals surface area contributed by atoms with Gasteiger partial charge in [0.05, 0.1) is 23.4 Å². The first kappa shape index (κ1) is 27.4. The van der Waals surface area contributed by atoms with Crippen molar-refractivity contribution in [3.8, 4) is 22.6 Å². The molecule has 6 rings (SSSR count). The molecule has 1 aliphatic heterocycles. The molecule has 1 aliphatic carbocycles. The quantitative estimate of drug-likeness (QED) is 0.275. The summed E-state index contributed by atoms with van der Waals surface area (Å²) in [6.07, 6.45) is 2.78. The smallest absolute Gasteiger partial charge is 0.255 e. The number of ether oxygens (including phenoxy) is 2. The van der Waals surface area contributed by atoms with Gasteiger partial charge in [-0.05, 0) is 97.5 Å². The van der Waals surface area contributed by atoms with Gasteiger partial charge in [0, 0.05) is 18.8 Å². The number of aryl methyl sites for hydroxylation is 1. The second kappa shape index (κ2) is 10.9. The Labute approximate surface area is 244 Å². The van der Waals surface area contributed by atoms with Crippen LogP contribution in [-0.4, -0.2) is 30.5 Å². The molecule has 2 atom stereocenters. The van der Waals surface area contributed by atoms with Gasteiger partial charge < -0.3 is 20.1 Å². The fourth-order valence-corrected chi connectivity index (χ4v) is 5.73. The standard InChI is InChI=1S/C34H32FN3O4/c1-4-41-28-17-20(2)24(19-26(28)32(39)38-34(14-15-34)29-7-5-6-16-37-29)22-10-13-27-25(18-22)30(33(40)36-3)31(42-27)21-8-11-23(35)12-9-21/h5-13,16-19,30-31H,4,14-15H2,1-3H3,(H,36,40)(H,38,39). The van der Waals surface area contributed by atoms with Crippen LogP contribution in [0.5, 0.6) is 11.5 Å². The molecular weight excluding hydrogens is 533 g/mol. The van der Waals surface area contributed by atoms with Crippen molar-refractivity contribution in [3.63, 3.8) is 0 Å². The molecule has 2 unspecified atom stereocenters. The van der Waals surface area contributed by atoms with Crippen molar-refractivity contribution in [2.45, 2.75) is 44.2 Å². The van der Waals surface area contributed by atoms with E-state index in [1.54, 1.807) is 25.4 Å². The van der Waals surface area contributed by atoms with Gasteiger partial charge in [-0.3, -0.25) is 14.6 Å². The van der Waals surface area contributed by atoms with Crippen LogP contribution in [0.4, 0.5) is 4.39 Å². The van der Waals surface area contributed by atoms with E-state index in [-0.39, 0.29) is 17.6 Å². The van der Waals surface area contributed by atoms with Crippen LogP contribution in [0, 0.1) is 12.7 Å². The summed E-state index contributed by atoms with van der Waals surface area (Å²) in [7, 11) is 1.59. The van der Waals surface area contributed by atoms with Gasteiger partial charge in [0.15, 0.2) is 0 Å². The first-order valence-electron chi connectivity index (χ1n) is 14.1. The number of benzene rings is 3. The van der Waals surface area contributed by atoms with Gasteiger partial charge in [-0.1, -0.05) is 24.3 Å². The predicted molar refractivity (Wildman–Crippen MR) is 157 cm³/mol. The second-order valence-corrected chi connectivity index (χ2v) is 10.8. The lowest BCUT2D eigenvalue weighted by atomic mass is 9.88. The predicted octanol–water partition coefficient (Wildman–Crippen LogP) is 5.98. The number of likely N-dealkylation sites (N-methyl/N-ethyl adjacent to an activating group) is 1. The fraction of sp³-hybridized carbons (Fsp3) is 0.265. The first-order chi connectivity index (χ1) is 20.3. The minimum Gasteiger partial charge on any atom is -0.493 e. The lowest BCUT2D eigenvalue weighted by Gasteiger charge is -2.20. The molecule has 1 aromatic heterocycles. The lowest BCUT2D eigenvalue weighted by molar-refractivity contribution is -0.123. The number of hydrogen-bond donors (Lipinski definition) is 2. The SMILES string of the molecule is CCOc1cc(C)c(-c2ccc3c(c2)C(C(=O)NC)C(c2ccc(F)cc2)O3)cc1C(=O)NC1(c2ccccn2)CC1. The van der Waals surface area contributed by atoms with E-state index in [9.17, 15) is 14.0 Å². The summed E-state index contributed by atoms with van der Waals surface area (Å²) in [6, 6.07) is 21.2. The van der Waals surface area contributed by atoms with Gasteiger partial charge in [0.1, 0.15) is 29.3 Å². The molecule has 1 fully saturated rings. The number of carbonyl (C=O) groups excluding carboxylic acids is 2. The van der Waals surface area contributed by atoms with Gasteiger partial charge in [-0.15, -0.1) is 0 Å². The van der Waals surface area contributed by atoms with Gasteiger partial charge in [-0.2, -0.15) is 0 Å². The third-order valence-electron chi connectivity index (χ3n) is 8.07. The Morgan fingerprint density at radius 2 is 1.86 bits per heavy atom. The van der Waals surface area contributed by atoms with Gasteiger partial charge in [-0.25, -0.2) is 4.39 Å². The lowest BCUT2D eigenvalue weighted by Crippen LogP contribution is -2.35. The molecule has 8 heteroatoms. The maximum atomic E-state index is 13.7. The molecular formula is C34H32FN3O4. The van der Waals surface area contributed by atoms with E-state index in [0.717, 1.165) is 40.8 Å². The summed E-state index contributed by atoms with van der Waals surface area (Å²) in [6.45, 7) is 4.27. The maximum absolute atomic E-state index is 13.7. The van der Waals surface area contributed by atoms with E-state index < -0.39 is 17.6 Å². The number of nitrogens with one attached hydrogen (secondary N) is 2. The topological polar surface area (TPSA) is 89.5 Å². The Hall–Kier alpha value is -4.72. The van der Waals surface area contributed by atoms with E-state index in [2.05, 4.69) is 15.6 Å². The van der Waals surface area contributed by atoms with Gasteiger partial charge >= 0.3 is 0 Å². The number of hydrogen-bond acceptors (Lipinski definition) is 5. The first-order valence-corrected chi connectivity index (χ1v) is 14.1. The molecule has 4 aromatic rings. The highest BCUT2D eigenvalue weighted by molar-refractivity contribution is 5.99. The summed E-state index contributed by atoms with van der Waals surface area (Å²) < 4.78 is 25.8. The largest absolute Gasteiger partial charge is 0.493 e. The van der Waals surface area contributed by atoms with Crippen LogP contribution in [0.15, 0.2) is 79.0 Å². The molecule has 7 nitrogen and oxygen atoms in total. The van der Waals surface area contributed by atoms with E-state index >= 15 is 0 Å². The second-order valence-electron chi connectivity index (χ2n) is 10.8. The minimum absolute atomic E-state index is 0.201. The molecule has 0 spiro atoms. The van der Waals surface area contributed by atoms with Crippen molar-refractivity contribution in [3.05, 3.63) is 113 Å². The molecule has 2 heterocycles. The summed E-state index contributed by atoms with van der Waals surface area (Å²) in [4.78, 5) is 31.3. The van der Waals surface area contributed by atoms with Crippen LogP contribution >= 0.6 is 0 Å². The van der Waals surface area contributed by atoms with Gasteiger partial charge in [0.25, 0.3) is 5.91 Å². The van der Waals surface area contributed by atoms with Gasteiger partial charge in [0.2, 0.25) is 5.91 Å². The highest BCUT2D eigenvalue weighted by Crippen LogP contribution is 2.48. The number of carbonyl (C=O) groups is 2. The van der Waals surface area contributed by atoms with Crippen molar-refractivity contribution in [1.82, 2.24) is 15.6 Å². The summed E-state index contributed by atoms with van der Waals surface area (Å²) in [5.41, 5.74) is 4.84. The zero-order valence-corrected chi connectivity index (χ0v) is 23.7. The molecule has 42 heavy (non-hydrogen) atoms. The summed E-state index contributed by atoms with van der Waals surface area (Å²) in [5.74, 6) is -0.313. The van der Waals surface area contributed by atoms with E-state index in [4.69, 9.17) is 9.47 Å². The fourth-order valence-electron chi connectivity index (χ4n) is 5.73.